The monoisotopic (exact) mass is 359 g/mol. The zero-order valence-corrected chi connectivity index (χ0v) is 13.8. The van der Waals surface area contributed by atoms with Gasteiger partial charge in [0, 0.05) is 0 Å². The molecule has 0 spiro atoms. The van der Waals surface area contributed by atoms with Gasteiger partial charge in [0.25, 0.3) is 15.6 Å². The van der Waals surface area contributed by atoms with Crippen LogP contribution in [0, 0.1) is 18.3 Å². The van der Waals surface area contributed by atoms with Crippen LogP contribution in [0.25, 0.3) is 10.9 Å². The Balaban J connectivity index is 2.23. The van der Waals surface area contributed by atoms with E-state index in [1.54, 1.807) is 25.1 Å². The average molecular weight is 359 g/mol. The largest absolute Gasteiger partial charge is 0.382 e. The van der Waals surface area contributed by atoms with Crippen LogP contribution in [0.3, 0.4) is 0 Å². The summed E-state index contributed by atoms with van der Waals surface area (Å²) >= 11 is 0. The van der Waals surface area contributed by atoms with Gasteiger partial charge in [0.05, 0.1) is 10.4 Å². The summed E-state index contributed by atoms with van der Waals surface area (Å²) in [7, 11) is -4.11. The number of nitrogens with zero attached hydrogens (tertiary/aromatic N) is 3. The fourth-order valence-corrected chi connectivity index (χ4v) is 3.33. The lowest BCUT2D eigenvalue weighted by molar-refractivity contribution is 0.595. The third kappa shape index (κ3) is 2.54. The van der Waals surface area contributed by atoms with Gasteiger partial charge >= 0.3 is 0 Å². The lowest BCUT2D eigenvalue weighted by Crippen LogP contribution is -2.35. The van der Waals surface area contributed by atoms with Crippen LogP contribution >= 0.6 is 0 Å². The Bertz CT molecular complexity index is 1180. The number of hydrogen-bond acceptors (Lipinski definition) is 7. The molecule has 0 atom stereocenters. The van der Waals surface area contributed by atoms with Crippen LogP contribution < -0.4 is 21.9 Å². The van der Waals surface area contributed by atoms with Crippen LogP contribution in [-0.4, -0.2) is 23.3 Å². The Labute approximate surface area is 141 Å². The molecular formula is C14H13N7O3S. The molecule has 0 saturated heterocycles. The average Bonchev–Trinajstić information content (AvgIpc) is 2.94. The van der Waals surface area contributed by atoms with Crippen molar-refractivity contribution in [1.29, 1.82) is 5.26 Å². The van der Waals surface area contributed by atoms with Gasteiger partial charge in [-0.25, -0.2) is 4.83 Å². The number of pyridine rings is 1. The highest BCUT2D eigenvalue weighted by Crippen LogP contribution is 2.22. The van der Waals surface area contributed by atoms with E-state index in [0.717, 1.165) is 5.56 Å². The maximum atomic E-state index is 12.6. The van der Waals surface area contributed by atoms with Gasteiger partial charge < -0.3 is 11.5 Å². The van der Waals surface area contributed by atoms with E-state index in [2.05, 4.69) is 15.0 Å². The number of nitrogens with one attached hydrogen (secondary N) is 2. The minimum atomic E-state index is -4.11. The Morgan fingerprint density at radius 1 is 1.28 bits per heavy atom. The number of hydrogen-bond donors (Lipinski definition) is 4. The molecule has 6 N–H and O–H groups in total. The van der Waals surface area contributed by atoms with Crippen molar-refractivity contribution in [2.24, 2.45) is 0 Å². The molecule has 10 nitrogen and oxygen atoms in total. The second-order valence-electron chi connectivity index (χ2n) is 5.28. The Kier molecular flexibility index (Phi) is 3.62. The lowest BCUT2D eigenvalue weighted by Gasteiger charge is -2.14. The molecule has 0 fully saturated rings. The third-order valence-corrected chi connectivity index (χ3v) is 4.93. The van der Waals surface area contributed by atoms with Gasteiger partial charge in [0.15, 0.2) is 5.82 Å². The van der Waals surface area contributed by atoms with E-state index in [1.807, 2.05) is 0 Å². The van der Waals surface area contributed by atoms with Gasteiger partial charge in [-0.05, 0) is 19.1 Å². The molecule has 0 aliphatic heterocycles. The van der Waals surface area contributed by atoms with Crippen molar-refractivity contribution in [2.45, 2.75) is 11.8 Å². The number of nitriles is 1. The summed E-state index contributed by atoms with van der Waals surface area (Å²) in [6.45, 7) is 1.81. The number of aryl methyl sites for hydroxylation is 1. The predicted octanol–water partition coefficient (Wildman–Crippen LogP) is 0.00150. The zero-order valence-electron chi connectivity index (χ0n) is 12.9. The van der Waals surface area contributed by atoms with E-state index in [4.69, 9.17) is 11.5 Å². The molecule has 0 aliphatic carbocycles. The lowest BCUT2D eigenvalue weighted by atomic mass is 10.2. The van der Waals surface area contributed by atoms with E-state index in [1.165, 1.54) is 12.1 Å². The van der Waals surface area contributed by atoms with Crippen LogP contribution in [0.4, 0.5) is 11.6 Å². The maximum absolute atomic E-state index is 12.6. The number of fused-ring (bicyclic) bond motifs is 1. The minimum Gasteiger partial charge on any atom is -0.382 e. The first-order valence-electron chi connectivity index (χ1n) is 6.94. The summed E-state index contributed by atoms with van der Waals surface area (Å²) < 4.78 is 25.6. The SMILES string of the molecule is Cc1ccc(S(=O)(=O)Nn2c(N)c(C#N)c3[nH]nc(N)c3c2=O)cc1. The summed E-state index contributed by atoms with van der Waals surface area (Å²) in [5.74, 6) is -0.542. The molecule has 0 saturated carbocycles. The summed E-state index contributed by atoms with van der Waals surface area (Å²) in [4.78, 5) is 14.6. The van der Waals surface area contributed by atoms with Crippen molar-refractivity contribution in [1.82, 2.24) is 14.9 Å². The molecule has 0 amide bonds. The van der Waals surface area contributed by atoms with Crippen LogP contribution in [0.1, 0.15) is 11.1 Å². The third-order valence-electron chi connectivity index (χ3n) is 3.61. The van der Waals surface area contributed by atoms with Gasteiger partial charge in [-0.15, -0.1) is 0 Å². The van der Waals surface area contributed by atoms with Crippen molar-refractivity contribution < 1.29 is 8.42 Å². The summed E-state index contributed by atoms with van der Waals surface area (Å²) in [6.07, 6.45) is 0. The second kappa shape index (κ2) is 5.53. The van der Waals surface area contributed by atoms with Crippen LogP contribution in [0.5, 0.6) is 0 Å². The number of rotatable bonds is 3. The molecule has 25 heavy (non-hydrogen) atoms. The molecule has 0 aliphatic rings. The smallest absolute Gasteiger partial charge is 0.284 e. The molecular weight excluding hydrogens is 346 g/mol. The molecule has 1 aromatic carbocycles. The Hall–Kier alpha value is -3.52. The highest BCUT2D eigenvalue weighted by molar-refractivity contribution is 7.92. The van der Waals surface area contributed by atoms with Crippen LogP contribution in [-0.2, 0) is 10.0 Å². The molecule has 0 radical (unpaired) electrons. The van der Waals surface area contributed by atoms with Gasteiger partial charge in [0.2, 0.25) is 0 Å². The van der Waals surface area contributed by atoms with Crippen molar-refractivity contribution >= 4 is 32.6 Å². The normalized spacial score (nSPS) is 11.4. The first-order chi connectivity index (χ1) is 11.8. The van der Waals surface area contributed by atoms with Crippen molar-refractivity contribution in [3.63, 3.8) is 0 Å². The summed E-state index contributed by atoms with van der Waals surface area (Å²) in [5.41, 5.74) is 11.4. The minimum absolute atomic E-state index is 0.0493. The topological polar surface area (TPSA) is 173 Å². The van der Waals surface area contributed by atoms with E-state index < -0.39 is 15.6 Å². The molecule has 0 bridgehead atoms. The van der Waals surface area contributed by atoms with E-state index in [0.29, 0.717) is 4.68 Å². The van der Waals surface area contributed by atoms with Gasteiger partial charge in [-0.1, -0.05) is 17.7 Å². The van der Waals surface area contributed by atoms with Crippen LogP contribution in [0.2, 0.25) is 0 Å². The first-order valence-corrected chi connectivity index (χ1v) is 8.42. The quantitative estimate of drug-likeness (QED) is 0.509. The zero-order chi connectivity index (χ0) is 18.4. The number of benzene rings is 1. The van der Waals surface area contributed by atoms with E-state index in [9.17, 15) is 18.5 Å². The number of nitrogens with two attached hydrogens (primary N) is 2. The second-order valence-corrected chi connectivity index (χ2v) is 6.94. The van der Waals surface area contributed by atoms with Crippen molar-refractivity contribution in [3.8, 4) is 6.07 Å². The Morgan fingerprint density at radius 3 is 2.52 bits per heavy atom. The first kappa shape index (κ1) is 16.3. The predicted molar refractivity (Wildman–Crippen MR) is 91.6 cm³/mol. The molecule has 11 heteroatoms. The number of aromatic amines is 1. The number of anilines is 2. The molecule has 0 unspecified atom stereocenters. The highest BCUT2D eigenvalue weighted by atomic mass is 32.2. The highest BCUT2D eigenvalue weighted by Gasteiger charge is 2.22. The van der Waals surface area contributed by atoms with Gasteiger partial charge in [0.1, 0.15) is 22.8 Å². The Morgan fingerprint density at radius 2 is 1.92 bits per heavy atom. The van der Waals surface area contributed by atoms with Crippen LogP contribution in [0.15, 0.2) is 34.0 Å². The van der Waals surface area contributed by atoms with E-state index >= 15 is 0 Å². The fraction of sp³-hybridized carbons (Fsp3) is 0.0714. The molecule has 3 aromatic rings. The number of sulfonamides is 1. The fourth-order valence-electron chi connectivity index (χ4n) is 2.31. The molecule has 2 heterocycles. The van der Waals surface area contributed by atoms with Gasteiger partial charge in [-0.2, -0.15) is 23.5 Å². The number of H-pyrrole nitrogens is 1. The number of aromatic nitrogens is 3. The summed E-state index contributed by atoms with van der Waals surface area (Å²) in [6, 6.07) is 7.79. The standard InChI is InChI=1S/C14H13N7O3S/c1-7-2-4-8(5-3-7)25(23,24)20-21-13(17)9(6-15)11-10(14(21)22)12(16)19-18-11/h2-5,20H,17H2,1H3,(H3,16,18,19). The number of nitrogen functional groups attached to an aromatic ring is 2. The van der Waals surface area contributed by atoms with Gasteiger partial charge in [-0.3, -0.25) is 9.89 Å². The van der Waals surface area contributed by atoms with Crippen molar-refractivity contribution in [2.75, 3.05) is 16.3 Å². The molecule has 3 rings (SSSR count). The molecule has 2 aromatic heterocycles. The van der Waals surface area contributed by atoms with E-state index in [-0.39, 0.29) is 33.0 Å². The summed E-state index contributed by atoms with van der Waals surface area (Å²) in [5, 5.41) is 15.3. The maximum Gasteiger partial charge on any atom is 0.284 e. The van der Waals surface area contributed by atoms with Crippen molar-refractivity contribution in [3.05, 3.63) is 45.7 Å². The molecule has 128 valence electrons.